The topological polar surface area (TPSA) is 110 Å². The van der Waals surface area contributed by atoms with Crippen molar-refractivity contribution in [3.63, 3.8) is 0 Å². The molecule has 2 fully saturated rings. The molecule has 2 unspecified atom stereocenters. The molecule has 9 nitrogen and oxygen atoms in total. The van der Waals surface area contributed by atoms with Crippen molar-refractivity contribution in [2.75, 3.05) is 12.3 Å². The van der Waals surface area contributed by atoms with Crippen LogP contribution in [0.3, 0.4) is 0 Å². The van der Waals surface area contributed by atoms with E-state index in [1.54, 1.807) is 0 Å². The number of sulfonamides is 1. The Hall–Kier alpha value is -3.40. The van der Waals surface area contributed by atoms with Crippen molar-refractivity contribution in [2.45, 2.75) is 44.6 Å². The second kappa shape index (κ2) is 10.3. The standard InChI is InChI=1S/C24H26N2O7S/c27-22(32-15-18-8-3-1-4-9-18)14-20-17-34(30,31)26(20)23(28)21-12-7-13-25(21)24(29)33-16-19-10-5-2-6-11-19/h1-6,8-11,20-21H,7,12-17H2. The van der Waals surface area contributed by atoms with Crippen molar-refractivity contribution >= 4 is 28.0 Å². The van der Waals surface area contributed by atoms with E-state index >= 15 is 0 Å². The van der Waals surface area contributed by atoms with Gasteiger partial charge in [-0.1, -0.05) is 60.7 Å². The molecule has 180 valence electrons. The number of esters is 1. The molecule has 4 rings (SSSR count). The summed E-state index contributed by atoms with van der Waals surface area (Å²) in [5.41, 5.74) is 1.61. The van der Waals surface area contributed by atoms with E-state index in [1.807, 2.05) is 60.7 Å². The highest BCUT2D eigenvalue weighted by Crippen LogP contribution is 2.30. The lowest BCUT2D eigenvalue weighted by Crippen LogP contribution is -2.63. The number of nitrogens with zero attached hydrogens (tertiary/aromatic N) is 2. The molecule has 0 saturated carbocycles. The molecule has 2 saturated heterocycles. The monoisotopic (exact) mass is 486 g/mol. The number of hydrogen-bond acceptors (Lipinski definition) is 7. The molecule has 0 bridgehead atoms. The maximum absolute atomic E-state index is 13.1. The van der Waals surface area contributed by atoms with Gasteiger partial charge in [0.2, 0.25) is 10.0 Å². The van der Waals surface area contributed by atoms with Gasteiger partial charge < -0.3 is 9.47 Å². The van der Waals surface area contributed by atoms with E-state index in [0.717, 1.165) is 15.4 Å². The van der Waals surface area contributed by atoms with Gasteiger partial charge in [-0.25, -0.2) is 17.5 Å². The third-order valence-electron chi connectivity index (χ3n) is 5.87. The molecule has 2 aliphatic heterocycles. The van der Waals surface area contributed by atoms with Crippen molar-refractivity contribution in [2.24, 2.45) is 0 Å². The minimum absolute atomic E-state index is 0.0506. The van der Waals surface area contributed by atoms with Gasteiger partial charge in [0, 0.05) is 6.54 Å². The quantitative estimate of drug-likeness (QED) is 0.553. The Bertz CT molecular complexity index is 1140. The van der Waals surface area contributed by atoms with Crippen molar-refractivity contribution in [1.82, 2.24) is 9.21 Å². The molecule has 2 aliphatic rings. The summed E-state index contributed by atoms with van der Waals surface area (Å²) in [6.07, 6.45) is -0.0232. The highest BCUT2D eigenvalue weighted by molar-refractivity contribution is 7.91. The van der Waals surface area contributed by atoms with Gasteiger partial charge in [-0.15, -0.1) is 0 Å². The number of amides is 2. The molecule has 2 aromatic rings. The summed E-state index contributed by atoms with van der Waals surface area (Å²) in [5, 5.41) is 0. The average molecular weight is 487 g/mol. The molecular weight excluding hydrogens is 460 g/mol. The van der Waals surface area contributed by atoms with Gasteiger partial charge in [0.25, 0.3) is 5.91 Å². The lowest BCUT2D eigenvalue weighted by atomic mass is 10.1. The molecule has 0 radical (unpaired) electrons. The van der Waals surface area contributed by atoms with Crippen molar-refractivity contribution in [3.8, 4) is 0 Å². The Labute approximate surface area is 198 Å². The third kappa shape index (κ3) is 5.39. The van der Waals surface area contributed by atoms with Crippen molar-refractivity contribution in [3.05, 3.63) is 71.8 Å². The second-order valence-electron chi connectivity index (χ2n) is 8.31. The molecular formula is C24H26N2O7S. The van der Waals surface area contributed by atoms with E-state index in [1.165, 1.54) is 4.90 Å². The van der Waals surface area contributed by atoms with E-state index in [4.69, 9.17) is 9.47 Å². The summed E-state index contributed by atoms with van der Waals surface area (Å²) in [4.78, 5) is 39.3. The van der Waals surface area contributed by atoms with Gasteiger partial charge in [-0.3, -0.25) is 14.5 Å². The molecule has 0 aromatic heterocycles. The minimum atomic E-state index is -3.83. The van der Waals surface area contributed by atoms with Gasteiger partial charge in [0.15, 0.2) is 0 Å². The van der Waals surface area contributed by atoms with Crippen LogP contribution in [0.1, 0.15) is 30.4 Å². The van der Waals surface area contributed by atoms with E-state index in [2.05, 4.69) is 0 Å². The summed E-state index contributed by atoms with van der Waals surface area (Å²) in [7, 11) is -3.83. The molecule has 2 aromatic carbocycles. The Balaban J connectivity index is 1.35. The first-order chi connectivity index (χ1) is 16.3. The SMILES string of the molecule is O=C(CC1CS(=O)(=O)N1C(=O)C1CCCN1C(=O)OCc1ccccc1)OCc1ccccc1. The van der Waals surface area contributed by atoms with Crippen molar-refractivity contribution < 1.29 is 32.3 Å². The van der Waals surface area contributed by atoms with E-state index < -0.39 is 40.1 Å². The lowest BCUT2D eigenvalue weighted by Gasteiger charge is -2.41. The number of ether oxygens (including phenoxy) is 2. The number of carbonyl (C=O) groups excluding carboxylic acids is 3. The number of likely N-dealkylation sites (tertiary alicyclic amines) is 1. The Morgan fingerprint density at radius 1 is 0.882 bits per heavy atom. The summed E-state index contributed by atoms with van der Waals surface area (Å²) in [5.74, 6) is -1.61. The van der Waals surface area contributed by atoms with Gasteiger partial charge in [0.05, 0.1) is 18.2 Å². The normalized spacial score (nSPS) is 20.9. The fourth-order valence-corrected chi connectivity index (χ4v) is 5.83. The van der Waals surface area contributed by atoms with Crippen LogP contribution >= 0.6 is 0 Å². The highest BCUT2D eigenvalue weighted by Gasteiger charge is 2.51. The van der Waals surface area contributed by atoms with E-state index in [-0.39, 0.29) is 25.4 Å². The van der Waals surface area contributed by atoms with Crippen LogP contribution < -0.4 is 0 Å². The van der Waals surface area contributed by atoms with Gasteiger partial charge >= 0.3 is 12.1 Å². The third-order valence-corrected chi connectivity index (χ3v) is 7.76. The lowest BCUT2D eigenvalue weighted by molar-refractivity contribution is -0.146. The van der Waals surface area contributed by atoms with Crippen LogP contribution in [0.15, 0.2) is 60.7 Å². The summed E-state index contributed by atoms with van der Waals surface area (Å²) < 4.78 is 36.1. The largest absolute Gasteiger partial charge is 0.461 e. The zero-order valence-electron chi connectivity index (χ0n) is 18.5. The number of hydrogen-bond donors (Lipinski definition) is 0. The first-order valence-electron chi connectivity index (χ1n) is 11.1. The Morgan fingerprint density at radius 2 is 1.47 bits per heavy atom. The Morgan fingerprint density at radius 3 is 2.06 bits per heavy atom. The number of benzene rings is 2. The predicted molar refractivity (Wildman–Crippen MR) is 122 cm³/mol. The minimum Gasteiger partial charge on any atom is -0.461 e. The molecule has 34 heavy (non-hydrogen) atoms. The second-order valence-corrected chi connectivity index (χ2v) is 10.2. The number of rotatable bonds is 7. The fraction of sp³-hybridized carbons (Fsp3) is 0.375. The van der Waals surface area contributed by atoms with Crippen LogP contribution in [0, 0.1) is 0 Å². The zero-order chi connectivity index (χ0) is 24.1. The van der Waals surface area contributed by atoms with Crippen LogP contribution in [-0.4, -0.2) is 60.0 Å². The fourth-order valence-electron chi connectivity index (χ4n) is 4.17. The molecule has 2 heterocycles. The van der Waals surface area contributed by atoms with Crippen molar-refractivity contribution in [1.29, 1.82) is 0 Å². The molecule has 0 aliphatic carbocycles. The smallest absolute Gasteiger partial charge is 0.410 e. The predicted octanol–water partition coefficient (Wildman–Crippen LogP) is 2.46. The van der Waals surface area contributed by atoms with E-state index in [9.17, 15) is 22.8 Å². The van der Waals surface area contributed by atoms with E-state index in [0.29, 0.717) is 19.4 Å². The molecule has 2 atom stereocenters. The highest BCUT2D eigenvalue weighted by atomic mass is 32.2. The molecule has 0 N–H and O–H groups in total. The first kappa shape index (κ1) is 23.7. The van der Waals surface area contributed by atoms with Crippen LogP contribution in [0.5, 0.6) is 0 Å². The molecule has 2 amide bonds. The Kier molecular flexibility index (Phi) is 7.16. The summed E-state index contributed by atoms with van der Waals surface area (Å²) in [6, 6.07) is 16.5. The maximum Gasteiger partial charge on any atom is 0.410 e. The molecule has 0 spiro atoms. The van der Waals surface area contributed by atoms with Gasteiger partial charge in [-0.2, -0.15) is 0 Å². The van der Waals surface area contributed by atoms with Gasteiger partial charge in [-0.05, 0) is 24.0 Å². The maximum atomic E-state index is 13.1. The van der Waals surface area contributed by atoms with Crippen LogP contribution in [-0.2, 0) is 42.3 Å². The van der Waals surface area contributed by atoms with Crippen LogP contribution in [0.2, 0.25) is 0 Å². The summed E-state index contributed by atoms with van der Waals surface area (Å²) >= 11 is 0. The average Bonchev–Trinajstić information content (AvgIpc) is 3.32. The van der Waals surface area contributed by atoms with Gasteiger partial charge in [0.1, 0.15) is 19.3 Å². The summed E-state index contributed by atoms with van der Waals surface area (Å²) in [6.45, 7) is 0.410. The first-order valence-corrected chi connectivity index (χ1v) is 12.7. The van der Waals surface area contributed by atoms with Crippen LogP contribution in [0.4, 0.5) is 4.79 Å². The zero-order valence-corrected chi connectivity index (χ0v) is 19.4. The van der Waals surface area contributed by atoms with Crippen LogP contribution in [0.25, 0.3) is 0 Å². The molecule has 10 heteroatoms. The number of carbonyl (C=O) groups is 3.